The predicted molar refractivity (Wildman–Crippen MR) is 245 cm³/mol. The topological polar surface area (TPSA) is 60.3 Å². The van der Waals surface area contributed by atoms with E-state index in [1.807, 2.05) is 18.2 Å². The van der Waals surface area contributed by atoms with Crippen molar-refractivity contribution < 1.29 is 18.7 Å². The van der Waals surface area contributed by atoms with Gasteiger partial charge < -0.3 is 18.7 Å². The van der Waals surface area contributed by atoms with Crippen molar-refractivity contribution in [2.75, 3.05) is 6.61 Å². The maximum atomic E-state index is 12.6. The summed E-state index contributed by atoms with van der Waals surface area (Å²) in [7, 11) is -4.33. The van der Waals surface area contributed by atoms with E-state index in [2.05, 4.69) is 120 Å². The average Bonchev–Trinajstić information content (AvgIpc) is 3.09. The van der Waals surface area contributed by atoms with Crippen molar-refractivity contribution in [2.45, 2.75) is 220 Å². The fourth-order valence-corrected chi connectivity index (χ4v) is 14.7. The molecule has 55 heavy (non-hydrogen) atoms. The van der Waals surface area contributed by atoms with Crippen LogP contribution in [-0.2, 0) is 15.8 Å². The van der Waals surface area contributed by atoms with Crippen LogP contribution in [0, 0.1) is 13.8 Å². The Balaban J connectivity index is 2.42. The van der Waals surface area contributed by atoms with Crippen molar-refractivity contribution in [3.8, 4) is 5.75 Å². The minimum Gasteiger partial charge on any atom is -0.543 e. The SMILES string of the molecule is CCCCCCCCCCCCCC[C@@H](O[Si](C(C)C)(C(C)C)C(C)C)[C@H](O)[13C](COCc1ccccc1)=Nc1c(C)cc(O[Si](C)(C)C(C)(C)C)cc1C. The van der Waals surface area contributed by atoms with E-state index in [1.54, 1.807) is 0 Å². The van der Waals surface area contributed by atoms with Crippen molar-refractivity contribution in [2.24, 2.45) is 4.99 Å². The molecular formula is C48H85NO4Si2. The summed E-state index contributed by atoms with van der Waals surface area (Å²) in [5.74, 6) is 0.901. The van der Waals surface area contributed by atoms with Crippen LogP contribution in [0.2, 0.25) is 34.8 Å². The largest absolute Gasteiger partial charge is 0.543 e. The van der Waals surface area contributed by atoms with Crippen molar-refractivity contribution >= 4 is 28.0 Å². The summed E-state index contributed by atoms with van der Waals surface area (Å²) in [5, 5.41) is 12.7. The van der Waals surface area contributed by atoms with Gasteiger partial charge in [-0.1, -0.05) is 177 Å². The normalized spacial score (nSPS) is 14.3. The lowest BCUT2D eigenvalue weighted by Gasteiger charge is -2.45. The monoisotopic (exact) mass is 797 g/mol. The first kappa shape index (κ1) is 49.4. The molecule has 5 nitrogen and oxygen atoms in total. The van der Waals surface area contributed by atoms with Crippen LogP contribution in [0.3, 0.4) is 0 Å². The van der Waals surface area contributed by atoms with Crippen LogP contribution in [0.1, 0.15) is 169 Å². The van der Waals surface area contributed by atoms with Crippen LogP contribution in [-0.4, -0.2) is 46.3 Å². The highest BCUT2D eigenvalue weighted by atomic mass is 28.4. The van der Waals surface area contributed by atoms with Crippen LogP contribution in [0.4, 0.5) is 5.69 Å². The number of hydrogen-bond donors (Lipinski definition) is 1. The second-order valence-electron chi connectivity index (χ2n) is 18.9. The third-order valence-electron chi connectivity index (χ3n) is 12.4. The molecule has 0 fully saturated rings. The Hall–Kier alpha value is -1.78. The van der Waals surface area contributed by atoms with Crippen molar-refractivity contribution in [3.05, 3.63) is 59.2 Å². The van der Waals surface area contributed by atoms with Gasteiger partial charge in [-0.3, -0.25) is 4.99 Å². The van der Waals surface area contributed by atoms with Gasteiger partial charge in [0.15, 0.2) is 0 Å². The van der Waals surface area contributed by atoms with Gasteiger partial charge in [-0.15, -0.1) is 0 Å². The summed E-state index contributed by atoms with van der Waals surface area (Å²) in [4.78, 5) is 5.30. The lowest BCUT2D eigenvalue weighted by molar-refractivity contribution is 0.0505. The second-order valence-corrected chi connectivity index (χ2v) is 29.1. The summed E-state index contributed by atoms with van der Waals surface area (Å²) >= 11 is 0. The van der Waals surface area contributed by atoms with Gasteiger partial charge in [-0.2, -0.15) is 0 Å². The van der Waals surface area contributed by atoms with E-state index in [1.165, 1.54) is 64.2 Å². The van der Waals surface area contributed by atoms with E-state index in [-0.39, 0.29) is 17.7 Å². The zero-order valence-corrected chi connectivity index (χ0v) is 40.2. The number of ether oxygens (including phenoxy) is 1. The Bertz CT molecular complexity index is 1340. The van der Waals surface area contributed by atoms with Gasteiger partial charge in [0, 0.05) is 0 Å². The van der Waals surface area contributed by atoms with Crippen LogP contribution < -0.4 is 4.43 Å². The lowest BCUT2D eigenvalue weighted by Crippen LogP contribution is -2.53. The van der Waals surface area contributed by atoms with Gasteiger partial charge in [0.25, 0.3) is 0 Å². The van der Waals surface area contributed by atoms with Crippen LogP contribution >= 0.6 is 0 Å². The predicted octanol–water partition coefficient (Wildman–Crippen LogP) is 15.0. The van der Waals surface area contributed by atoms with Gasteiger partial charge in [0.1, 0.15) is 11.9 Å². The van der Waals surface area contributed by atoms with Crippen LogP contribution in [0.15, 0.2) is 47.5 Å². The summed E-state index contributed by atoms with van der Waals surface area (Å²) in [6, 6.07) is 14.5. The fraction of sp³-hybridized carbons (Fsp3) is 0.729. The Kier molecular flexibility index (Phi) is 21.7. The number of nitrogens with zero attached hydrogens (tertiary/aromatic N) is 1. The number of hydrogen-bond acceptors (Lipinski definition) is 5. The molecule has 0 aliphatic carbocycles. The highest BCUT2D eigenvalue weighted by molar-refractivity contribution is 6.77. The second kappa shape index (κ2) is 24.2. The molecule has 2 aromatic carbocycles. The van der Waals surface area contributed by atoms with E-state index in [0.29, 0.717) is 28.9 Å². The first-order valence-corrected chi connectivity index (χ1v) is 27.3. The van der Waals surface area contributed by atoms with Gasteiger partial charge in [0.05, 0.1) is 30.7 Å². The third kappa shape index (κ3) is 15.8. The van der Waals surface area contributed by atoms with Gasteiger partial charge in [-0.05, 0) is 83.8 Å². The van der Waals surface area contributed by atoms with Gasteiger partial charge >= 0.3 is 0 Å². The van der Waals surface area contributed by atoms with Crippen molar-refractivity contribution in [1.82, 2.24) is 0 Å². The molecule has 0 heterocycles. The highest BCUT2D eigenvalue weighted by Gasteiger charge is 2.48. The quantitative estimate of drug-likeness (QED) is 0.0423. The molecule has 0 aliphatic heterocycles. The molecule has 2 rings (SSSR count). The van der Waals surface area contributed by atoms with Crippen molar-refractivity contribution in [3.63, 3.8) is 0 Å². The average molecular weight is 797 g/mol. The van der Waals surface area contributed by atoms with E-state index < -0.39 is 22.7 Å². The smallest absolute Gasteiger partial charge is 0.250 e. The zero-order valence-electron chi connectivity index (χ0n) is 38.2. The molecule has 7 heteroatoms. The Morgan fingerprint density at radius 2 is 1.20 bits per heavy atom. The number of rotatable bonds is 27. The van der Waals surface area contributed by atoms with E-state index in [9.17, 15) is 5.11 Å². The maximum Gasteiger partial charge on any atom is 0.250 e. The molecule has 0 aromatic heterocycles. The molecule has 0 aliphatic rings. The molecule has 2 atom stereocenters. The number of aryl methyl sites for hydroxylation is 2. The van der Waals surface area contributed by atoms with Crippen molar-refractivity contribution in [1.29, 1.82) is 0 Å². The molecule has 1 N–H and O–H groups in total. The minimum absolute atomic E-state index is 0.0993. The Morgan fingerprint density at radius 3 is 1.65 bits per heavy atom. The molecule has 0 bridgehead atoms. The molecule has 0 spiro atoms. The van der Waals surface area contributed by atoms with E-state index >= 15 is 0 Å². The molecular weight excluding hydrogens is 712 g/mol. The molecule has 0 saturated carbocycles. The van der Waals surface area contributed by atoms with Gasteiger partial charge in [-0.25, -0.2) is 0 Å². The Labute approximate surface area is 342 Å². The fourth-order valence-electron chi connectivity index (χ4n) is 8.13. The number of aliphatic imine (C=N–C) groups is 1. The molecule has 0 amide bonds. The molecule has 0 radical (unpaired) electrons. The maximum absolute atomic E-state index is 12.6. The number of benzene rings is 2. The van der Waals surface area contributed by atoms with E-state index in [0.717, 1.165) is 47.4 Å². The zero-order chi connectivity index (χ0) is 41.2. The van der Waals surface area contributed by atoms with Gasteiger partial charge in [0.2, 0.25) is 16.6 Å². The number of aliphatic hydroxyl groups is 1. The summed E-state index contributed by atoms with van der Waals surface area (Å²) in [6.07, 6.45) is 15.2. The molecule has 314 valence electrons. The molecule has 0 saturated heterocycles. The first-order chi connectivity index (χ1) is 25.9. The van der Waals surface area contributed by atoms with Crippen LogP contribution in [0.5, 0.6) is 5.75 Å². The molecule has 2 aromatic rings. The number of unbranched alkanes of at least 4 members (excludes halogenated alkanes) is 11. The Morgan fingerprint density at radius 1 is 0.727 bits per heavy atom. The summed E-state index contributed by atoms with van der Waals surface area (Å²) in [6.45, 7) is 32.5. The summed E-state index contributed by atoms with van der Waals surface area (Å²) < 4.78 is 20.6. The molecule has 0 unspecified atom stereocenters. The number of aliphatic hydroxyl groups excluding tert-OH is 1. The highest BCUT2D eigenvalue weighted by Crippen LogP contribution is 2.44. The third-order valence-corrected chi connectivity index (χ3v) is 22.8. The summed E-state index contributed by atoms with van der Waals surface area (Å²) in [5.41, 5.74) is 5.94. The minimum atomic E-state index is -2.31. The first-order valence-electron chi connectivity index (χ1n) is 22.2. The standard InChI is InChI=1S/C48H85NO4Si2/c1-15-16-17-18-19-20-21-22-23-24-25-29-32-45(53-55(37(2)3,38(4)5)39(6)7)47(50)44(36-51-35-42-30-27-26-28-31-42)49-46-40(8)33-43(34-41(46)9)52-54(13,14)48(10,11)12/h26-28,30-31,33-34,37-39,45,47,50H,15-25,29,32,35-36H2,1-14H3/t45-,47-/m1/s1/i44+1. The lowest BCUT2D eigenvalue weighted by atomic mass is 10.0. The van der Waals surface area contributed by atoms with Crippen LogP contribution in [0.25, 0.3) is 0 Å². The van der Waals surface area contributed by atoms with E-state index in [4.69, 9.17) is 18.6 Å².